The molecule has 0 spiro atoms. The number of nitrogens with zero attached hydrogens (tertiary/aromatic N) is 3. The van der Waals surface area contributed by atoms with Crippen LogP contribution in [0.15, 0.2) is 46.9 Å². The Morgan fingerprint density at radius 3 is 2.97 bits per heavy atom. The van der Waals surface area contributed by atoms with E-state index in [2.05, 4.69) is 4.98 Å². The highest BCUT2D eigenvalue weighted by atomic mass is 19.1. The Hall–Kier alpha value is -3.66. The van der Waals surface area contributed by atoms with Gasteiger partial charge in [0.05, 0.1) is 17.8 Å². The van der Waals surface area contributed by atoms with Crippen LogP contribution in [0.5, 0.6) is 5.75 Å². The van der Waals surface area contributed by atoms with Crippen LogP contribution >= 0.6 is 0 Å². The summed E-state index contributed by atoms with van der Waals surface area (Å²) < 4.78 is 25.3. The molecule has 0 aliphatic carbocycles. The van der Waals surface area contributed by atoms with E-state index >= 15 is 0 Å². The number of fused-ring (bicyclic) bond motifs is 1. The monoisotopic (exact) mass is 391 g/mol. The number of benzene rings is 2. The van der Waals surface area contributed by atoms with E-state index in [-0.39, 0.29) is 30.2 Å². The lowest BCUT2D eigenvalue weighted by Crippen LogP contribution is -2.35. The van der Waals surface area contributed by atoms with Gasteiger partial charge in [0.1, 0.15) is 23.4 Å². The van der Waals surface area contributed by atoms with Crippen molar-refractivity contribution in [3.63, 3.8) is 0 Å². The first-order valence-corrected chi connectivity index (χ1v) is 9.19. The van der Waals surface area contributed by atoms with E-state index < -0.39 is 5.82 Å². The maximum atomic E-state index is 13.8. The van der Waals surface area contributed by atoms with E-state index in [1.54, 1.807) is 11.0 Å². The van der Waals surface area contributed by atoms with E-state index in [1.165, 1.54) is 12.1 Å². The van der Waals surface area contributed by atoms with Gasteiger partial charge in [-0.3, -0.25) is 4.79 Å². The number of ether oxygens (including phenoxy) is 1. The van der Waals surface area contributed by atoms with Crippen molar-refractivity contribution in [2.75, 3.05) is 6.54 Å². The molecule has 0 atom stereocenters. The molecular weight excluding hydrogens is 373 g/mol. The number of rotatable bonds is 4. The maximum absolute atomic E-state index is 13.8. The number of carbonyl (C=O) groups excluding carboxylic acids is 1. The fourth-order valence-electron chi connectivity index (χ4n) is 3.26. The van der Waals surface area contributed by atoms with Crippen molar-refractivity contribution < 1.29 is 18.3 Å². The van der Waals surface area contributed by atoms with Crippen LogP contribution in [0.25, 0.3) is 0 Å². The van der Waals surface area contributed by atoms with Crippen molar-refractivity contribution in [1.29, 1.82) is 5.26 Å². The van der Waals surface area contributed by atoms with Gasteiger partial charge in [-0.1, -0.05) is 12.1 Å². The first kappa shape index (κ1) is 18.7. The average Bonchev–Trinajstić information content (AvgIpc) is 3.14. The summed E-state index contributed by atoms with van der Waals surface area (Å²) >= 11 is 0. The molecule has 0 bridgehead atoms. The van der Waals surface area contributed by atoms with Crippen LogP contribution in [0.2, 0.25) is 0 Å². The molecule has 29 heavy (non-hydrogen) atoms. The summed E-state index contributed by atoms with van der Waals surface area (Å²) in [6.07, 6.45) is 0.549. The molecule has 1 amide bonds. The van der Waals surface area contributed by atoms with E-state index in [0.29, 0.717) is 24.6 Å². The Morgan fingerprint density at radius 1 is 1.34 bits per heavy atom. The van der Waals surface area contributed by atoms with E-state index in [1.807, 2.05) is 31.2 Å². The minimum atomic E-state index is -0.703. The summed E-state index contributed by atoms with van der Waals surface area (Å²) in [7, 11) is 0. The molecule has 146 valence electrons. The Balaban J connectivity index is 1.44. The van der Waals surface area contributed by atoms with Gasteiger partial charge >= 0.3 is 0 Å². The number of oxazole rings is 1. The predicted octanol–water partition coefficient (Wildman–Crippen LogP) is 3.77. The zero-order chi connectivity index (χ0) is 20.4. The molecule has 2 aromatic carbocycles. The van der Waals surface area contributed by atoms with Gasteiger partial charge in [-0.15, -0.1) is 0 Å². The Labute approximate surface area is 167 Å². The maximum Gasteiger partial charge on any atom is 0.254 e. The molecule has 7 heteroatoms. The molecule has 4 rings (SSSR count). The van der Waals surface area contributed by atoms with Gasteiger partial charge in [0, 0.05) is 18.5 Å². The molecule has 0 unspecified atom stereocenters. The lowest BCUT2D eigenvalue weighted by molar-refractivity contribution is 0.0717. The lowest BCUT2D eigenvalue weighted by atomic mass is 10.1. The average molecular weight is 391 g/mol. The van der Waals surface area contributed by atoms with Crippen molar-refractivity contribution in [1.82, 2.24) is 9.88 Å². The predicted molar refractivity (Wildman–Crippen MR) is 102 cm³/mol. The summed E-state index contributed by atoms with van der Waals surface area (Å²) in [5, 5.41) is 8.82. The second-order valence-electron chi connectivity index (χ2n) is 6.87. The minimum absolute atomic E-state index is 0.0871. The molecular formula is C22H18FN3O3. The SMILES string of the molecule is Cc1cccc(OCc2nc3c(o2)CN(C(=O)c2ccc(C#N)c(F)c2)CC3)c1. The normalized spacial score (nSPS) is 12.9. The van der Waals surface area contributed by atoms with Crippen molar-refractivity contribution in [3.05, 3.63) is 82.3 Å². The topological polar surface area (TPSA) is 79.4 Å². The fourth-order valence-corrected chi connectivity index (χ4v) is 3.26. The summed E-state index contributed by atoms with van der Waals surface area (Å²) in [6, 6.07) is 13.3. The van der Waals surface area contributed by atoms with Gasteiger partial charge in [-0.05, 0) is 42.8 Å². The molecule has 0 fully saturated rings. The van der Waals surface area contributed by atoms with Gasteiger partial charge in [-0.2, -0.15) is 5.26 Å². The number of amides is 1. The zero-order valence-electron chi connectivity index (χ0n) is 15.8. The molecule has 0 N–H and O–H groups in total. The second kappa shape index (κ2) is 7.76. The number of halogens is 1. The second-order valence-corrected chi connectivity index (χ2v) is 6.87. The van der Waals surface area contributed by atoms with Crippen LogP contribution in [0.3, 0.4) is 0 Å². The first-order valence-electron chi connectivity index (χ1n) is 9.19. The van der Waals surface area contributed by atoms with Gasteiger partial charge < -0.3 is 14.1 Å². The third-order valence-electron chi connectivity index (χ3n) is 4.75. The number of hydrogen-bond acceptors (Lipinski definition) is 5. The Morgan fingerprint density at radius 2 is 2.21 bits per heavy atom. The number of hydrogen-bond donors (Lipinski definition) is 0. The van der Waals surface area contributed by atoms with Crippen LogP contribution < -0.4 is 4.74 Å². The van der Waals surface area contributed by atoms with Crippen LogP contribution in [-0.4, -0.2) is 22.3 Å². The lowest BCUT2D eigenvalue weighted by Gasteiger charge is -2.25. The quantitative estimate of drug-likeness (QED) is 0.676. The van der Waals surface area contributed by atoms with Crippen LogP contribution in [0.1, 0.15) is 38.8 Å². The summed E-state index contributed by atoms with van der Waals surface area (Å²) in [5.41, 5.74) is 2.02. The molecule has 0 radical (unpaired) electrons. The summed E-state index contributed by atoms with van der Waals surface area (Å²) in [6.45, 7) is 2.90. The highest BCUT2D eigenvalue weighted by Crippen LogP contribution is 2.23. The zero-order valence-corrected chi connectivity index (χ0v) is 15.8. The highest BCUT2D eigenvalue weighted by molar-refractivity contribution is 5.94. The fraction of sp³-hybridized carbons (Fsp3) is 0.227. The van der Waals surface area contributed by atoms with Crippen molar-refractivity contribution >= 4 is 5.91 Å². The largest absolute Gasteiger partial charge is 0.484 e. The van der Waals surface area contributed by atoms with Crippen molar-refractivity contribution in [3.8, 4) is 11.8 Å². The van der Waals surface area contributed by atoms with Crippen molar-refractivity contribution in [2.45, 2.75) is 26.5 Å². The number of aromatic nitrogens is 1. The van der Waals surface area contributed by atoms with E-state index in [4.69, 9.17) is 14.4 Å². The van der Waals surface area contributed by atoms with Gasteiger partial charge in [0.2, 0.25) is 5.89 Å². The van der Waals surface area contributed by atoms with Gasteiger partial charge in [-0.25, -0.2) is 9.37 Å². The van der Waals surface area contributed by atoms with Crippen LogP contribution in [-0.2, 0) is 19.6 Å². The standard InChI is InChI=1S/C22H18FN3O3/c1-14-3-2-4-17(9-14)28-13-21-25-19-7-8-26(12-20(19)29-21)22(27)15-5-6-16(11-24)18(23)10-15/h2-6,9-10H,7-8,12-13H2,1H3. The molecule has 2 heterocycles. The third kappa shape index (κ3) is 3.97. The summed E-state index contributed by atoms with van der Waals surface area (Å²) in [4.78, 5) is 18.7. The smallest absolute Gasteiger partial charge is 0.254 e. The number of carbonyl (C=O) groups is 1. The molecule has 0 saturated heterocycles. The van der Waals surface area contributed by atoms with Gasteiger partial charge in [0.15, 0.2) is 6.61 Å². The molecule has 3 aromatic rings. The number of nitriles is 1. The first-order chi connectivity index (χ1) is 14.0. The molecule has 1 aliphatic heterocycles. The Bertz CT molecular complexity index is 1120. The Kier molecular flexibility index (Phi) is 5.00. The van der Waals surface area contributed by atoms with Crippen molar-refractivity contribution in [2.24, 2.45) is 0 Å². The highest BCUT2D eigenvalue weighted by Gasteiger charge is 2.26. The van der Waals surface area contributed by atoms with E-state index in [0.717, 1.165) is 23.1 Å². The molecule has 1 aromatic heterocycles. The van der Waals surface area contributed by atoms with E-state index in [9.17, 15) is 9.18 Å². The third-order valence-corrected chi connectivity index (χ3v) is 4.75. The van der Waals surface area contributed by atoms with Gasteiger partial charge in [0.25, 0.3) is 5.91 Å². The summed E-state index contributed by atoms with van der Waals surface area (Å²) in [5.74, 6) is 0.789. The minimum Gasteiger partial charge on any atom is -0.484 e. The molecule has 0 saturated carbocycles. The van der Waals surface area contributed by atoms with Crippen LogP contribution in [0.4, 0.5) is 4.39 Å². The molecule has 6 nitrogen and oxygen atoms in total. The number of aryl methyl sites for hydroxylation is 1. The van der Waals surface area contributed by atoms with Crippen LogP contribution in [0, 0.1) is 24.1 Å². The molecule has 1 aliphatic rings.